The summed E-state index contributed by atoms with van der Waals surface area (Å²) < 4.78 is 14.1. The van der Waals surface area contributed by atoms with Crippen molar-refractivity contribution in [1.29, 1.82) is 0 Å². The third kappa shape index (κ3) is 4.12. The van der Waals surface area contributed by atoms with Crippen molar-refractivity contribution in [2.45, 2.75) is 45.2 Å². The van der Waals surface area contributed by atoms with Crippen molar-refractivity contribution < 1.29 is 4.39 Å². The Morgan fingerprint density at radius 2 is 1.92 bits per heavy atom. The number of thiocarbonyl (C=S) groups is 1. The number of hydrogen-bond donors (Lipinski definition) is 1. The first kappa shape index (κ1) is 16.9. The zero-order chi connectivity index (χ0) is 16.9. The fourth-order valence-corrected chi connectivity index (χ4v) is 3.64. The summed E-state index contributed by atoms with van der Waals surface area (Å²) in [6.45, 7) is 2.57. The van der Waals surface area contributed by atoms with Crippen LogP contribution in [-0.2, 0) is 6.54 Å². The van der Waals surface area contributed by atoms with Gasteiger partial charge in [-0.1, -0.05) is 43.2 Å². The molecule has 1 aliphatic rings. The summed E-state index contributed by atoms with van der Waals surface area (Å²) in [6.07, 6.45) is 4.66. The summed E-state index contributed by atoms with van der Waals surface area (Å²) in [5, 5.41) is 4.01. The Labute approximate surface area is 148 Å². The molecular weight excluding hydrogens is 319 g/mol. The van der Waals surface area contributed by atoms with Gasteiger partial charge in [-0.25, -0.2) is 4.39 Å². The first-order valence-corrected chi connectivity index (χ1v) is 8.92. The van der Waals surface area contributed by atoms with Crippen molar-refractivity contribution in [3.8, 4) is 0 Å². The molecule has 24 heavy (non-hydrogen) atoms. The molecule has 0 heterocycles. The SMILES string of the molecule is Cc1cccc(NC(=S)N(Cc2ccccc2F)C2CCCC2)c1. The highest BCUT2D eigenvalue weighted by Gasteiger charge is 2.25. The van der Waals surface area contributed by atoms with Crippen LogP contribution in [0.3, 0.4) is 0 Å². The van der Waals surface area contributed by atoms with Crippen molar-refractivity contribution in [3.63, 3.8) is 0 Å². The molecule has 0 radical (unpaired) electrons. The lowest BCUT2D eigenvalue weighted by Gasteiger charge is -2.32. The number of halogens is 1. The Balaban J connectivity index is 1.79. The van der Waals surface area contributed by atoms with Crippen LogP contribution in [0.5, 0.6) is 0 Å². The van der Waals surface area contributed by atoms with Gasteiger partial charge in [-0.15, -0.1) is 0 Å². The molecule has 126 valence electrons. The molecule has 0 saturated heterocycles. The number of benzene rings is 2. The van der Waals surface area contributed by atoms with Gasteiger partial charge in [0.15, 0.2) is 5.11 Å². The molecule has 2 aromatic rings. The number of anilines is 1. The van der Waals surface area contributed by atoms with Crippen molar-refractivity contribution in [2.75, 3.05) is 5.32 Å². The van der Waals surface area contributed by atoms with E-state index in [1.807, 2.05) is 24.3 Å². The molecule has 1 saturated carbocycles. The van der Waals surface area contributed by atoms with E-state index in [2.05, 4.69) is 29.3 Å². The average molecular weight is 342 g/mol. The highest BCUT2D eigenvalue weighted by Crippen LogP contribution is 2.26. The fraction of sp³-hybridized carbons (Fsp3) is 0.350. The second kappa shape index (κ2) is 7.75. The van der Waals surface area contributed by atoms with Crippen LogP contribution in [0.25, 0.3) is 0 Å². The van der Waals surface area contributed by atoms with Gasteiger partial charge < -0.3 is 10.2 Å². The molecule has 2 aromatic carbocycles. The second-order valence-corrected chi connectivity index (χ2v) is 6.84. The van der Waals surface area contributed by atoms with Crippen LogP contribution in [0.2, 0.25) is 0 Å². The maximum absolute atomic E-state index is 14.1. The van der Waals surface area contributed by atoms with E-state index < -0.39 is 0 Å². The van der Waals surface area contributed by atoms with Gasteiger partial charge in [0.1, 0.15) is 5.82 Å². The molecule has 4 heteroatoms. The lowest BCUT2D eigenvalue weighted by Crippen LogP contribution is -2.41. The number of rotatable bonds is 4. The lowest BCUT2D eigenvalue weighted by molar-refractivity contribution is 0.308. The molecule has 0 aliphatic heterocycles. The first-order chi connectivity index (χ1) is 11.6. The molecule has 0 atom stereocenters. The second-order valence-electron chi connectivity index (χ2n) is 6.46. The Morgan fingerprint density at radius 3 is 2.62 bits per heavy atom. The van der Waals surface area contributed by atoms with Gasteiger partial charge in [0, 0.05) is 23.8 Å². The Hall–Kier alpha value is -1.94. The van der Waals surface area contributed by atoms with Crippen LogP contribution in [0.15, 0.2) is 48.5 Å². The van der Waals surface area contributed by atoms with Gasteiger partial charge in [-0.3, -0.25) is 0 Å². The molecule has 0 spiro atoms. The van der Waals surface area contributed by atoms with Crippen molar-refractivity contribution >= 4 is 23.0 Å². The van der Waals surface area contributed by atoms with Crippen molar-refractivity contribution in [1.82, 2.24) is 4.90 Å². The summed E-state index contributed by atoms with van der Waals surface area (Å²) in [5.41, 5.74) is 2.86. The molecule has 1 fully saturated rings. The lowest BCUT2D eigenvalue weighted by atomic mass is 10.1. The van der Waals surface area contributed by atoms with Crippen molar-refractivity contribution in [2.24, 2.45) is 0 Å². The number of nitrogens with zero attached hydrogens (tertiary/aromatic N) is 1. The highest BCUT2D eigenvalue weighted by molar-refractivity contribution is 7.80. The standard InChI is InChI=1S/C20H23FN2S/c1-15-7-6-9-17(13-15)22-20(24)23(18-10-3-4-11-18)14-16-8-2-5-12-19(16)21/h2,5-9,12-13,18H,3-4,10-11,14H2,1H3,(H,22,24). The van der Waals surface area contributed by atoms with E-state index in [1.54, 1.807) is 6.07 Å². The minimum absolute atomic E-state index is 0.168. The maximum atomic E-state index is 14.1. The zero-order valence-electron chi connectivity index (χ0n) is 14.0. The molecule has 0 amide bonds. The summed E-state index contributed by atoms with van der Waals surface area (Å²) in [6, 6.07) is 15.5. The normalized spacial score (nSPS) is 14.6. The van der Waals surface area contributed by atoms with E-state index in [0.29, 0.717) is 23.3 Å². The van der Waals surface area contributed by atoms with E-state index >= 15 is 0 Å². The molecule has 1 N–H and O–H groups in total. The molecule has 0 aromatic heterocycles. The summed E-state index contributed by atoms with van der Waals surface area (Å²) in [7, 11) is 0. The van der Waals surface area contributed by atoms with Crippen LogP contribution in [0.1, 0.15) is 36.8 Å². The predicted molar refractivity (Wildman–Crippen MR) is 102 cm³/mol. The molecule has 1 aliphatic carbocycles. The van der Waals surface area contributed by atoms with Crippen LogP contribution >= 0.6 is 12.2 Å². The van der Waals surface area contributed by atoms with Crippen molar-refractivity contribution in [3.05, 3.63) is 65.5 Å². The Morgan fingerprint density at radius 1 is 1.17 bits per heavy atom. The first-order valence-electron chi connectivity index (χ1n) is 8.51. The van der Waals surface area contributed by atoms with Crippen LogP contribution in [-0.4, -0.2) is 16.1 Å². The van der Waals surface area contributed by atoms with E-state index in [0.717, 1.165) is 18.5 Å². The quantitative estimate of drug-likeness (QED) is 0.762. The molecule has 2 nitrogen and oxygen atoms in total. The summed E-state index contributed by atoms with van der Waals surface area (Å²) in [4.78, 5) is 2.16. The van der Waals surface area contributed by atoms with Crippen LogP contribution in [0, 0.1) is 12.7 Å². The monoisotopic (exact) mass is 342 g/mol. The molecule has 0 bridgehead atoms. The van der Waals surface area contributed by atoms with Gasteiger partial charge in [-0.05, 0) is 55.7 Å². The highest BCUT2D eigenvalue weighted by atomic mass is 32.1. The Kier molecular flexibility index (Phi) is 5.46. The molecule has 0 unspecified atom stereocenters. The van der Waals surface area contributed by atoms with Crippen LogP contribution < -0.4 is 5.32 Å². The third-order valence-electron chi connectivity index (χ3n) is 4.59. The van der Waals surface area contributed by atoms with Gasteiger partial charge in [-0.2, -0.15) is 0 Å². The average Bonchev–Trinajstić information content (AvgIpc) is 3.08. The van der Waals surface area contributed by atoms with E-state index in [-0.39, 0.29) is 5.82 Å². The van der Waals surface area contributed by atoms with Crippen LogP contribution in [0.4, 0.5) is 10.1 Å². The molecular formula is C20H23FN2S. The third-order valence-corrected chi connectivity index (χ3v) is 4.93. The number of hydrogen-bond acceptors (Lipinski definition) is 1. The largest absolute Gasteiger partial charge is 0.342 e. The zero-order valence-corrected chi connectivity index (χ0v) is 14.8. The van der Waals surface area contributed by atoms with Gasteiger partial charge in [0.25, 0.3) is 0 Å². The summed E-state index contributed by atoms with van der Waals surface area (Å²) in [5.74, 6) is -0.168. The maximum Gasteiger partial charge on any atom is 0.173 e. The Bertz CT molecular complexity index is 710. The van der Waals surface area contributed by atoms with E-state index in [9.17, 15) is 4.39 Å². The molecule has 3 rings (SSSR count). The number of aryl methyl sites for hydroxylation is 1. The van der Waals surface area contributed by atoms with E-state index in [4.69, 9.17) is 12.2 Å². The topological polar surface area (TPSA) is 15.3 Å². The summed E-state index contributed by atoms with van der Waals surface area (Å²) >= 11 is 5.67. The fourth-order valence-electron chi connectivity index (χ4n) is 3.31. The predicted octanol–water partition coefficient (Wildman–Crippen LogP) is 5.28. The minimum Gasteiger partial charge on any atom is -0.342 e. The van der Waals surface area contributed by atoms with Gasteiger partial charge >= 0.3 is 0 Å². The number of nitrogens with one attached hydrogen (secondary N) is 1. The smallest absolute Gasteiger partial charge is 0.173 e. The van der Waals surface area contributed by atoms with Gasteiger partial charge in [0.05, 0.1) is 0 Å². The van der Waals surface area contributed by atoms with Gasteiger partial charge in [0.2, 0.25) is 0 Å². The minimum atomic E-state index is -0.168. The van der Waals surface area contributed by atoms with E-state index in [1.165, 1.54) is 24.5 Å².